The number of carboxylic acids is 2. The average Bonchev–Trinajstić information content (AvgIpc) is 3.40. The van der Waals surface area contributed by atoms with Crippen LogP contribution in [0.4, 0.5) is 13.2 Å². The van der Waals surface area contributed by atoms with Crippen LogP contribution in [0.1, 0.15) is 64.2 Å². The topological polar surface area (TPSA) is 224 Å². The summed E-state index contributed by atoms with van der Waals surface area (Å²) in [5.41, 5.74) is -0.407. The Kier molecular flexibility index (Phi) is 13.5. The largest absolute Gasteiger partial charge is 0.481 e. The van der Waals surface area contributed by atoms with Crippen LogP contribution in [-0.4, -0.2) is 111 Å². The highest BCUT2D eigenvalue weighted by Crippen LogP contribution is 2.61. The number of likely N-dealkylation sites (N-methyl/N-ethyl adjacent to an activating group) is 1. The van der Waals surface area contributed by atoms with Crippen molar-refractivity contribution in [2.75, 3.05) is 13.6 Å². The highest BCUT2D eigenvalue weighted by molar-refractivity contribution is 5.88. The summed E-state index contributed by atoms with van der Waals surface area (Å²) in [6, 6.07) is 3.22. The van der Waals surface area contributed by atoms with Crippen molar-refractivity contribution in [2.45, 2.75) is 103 Å². The van der Waals surface area contributed by atoms with Crippen molar-refractivity contribution in [2.24, 2.45) is 5.92 Å². The molecule has 284 valence electrons. The molecule has 2 heterocycles. The highest BCUT2D eigenvalue weighted by Gasteiger charge is 2.69. The summed E-state index contributed by atoms with van der Waals surface area (Å²) >= 11 is 0. The van der Waals surface area contributed by atoms with Gasteiger partial charge < -0.3 is 44.3 Å². The van der Waals surface area contributed by atoms with Crippen LogP contribution >= 0.6 is 0 Å². The minimum absolute atomic E-state index is 0. The molecule has 1 spiro atoms. The lowest BCUT2D eigenvalue weighted by Crippen LogP contribution is -2.71. The molecule has 1 aromatic carbocycles. The molecule has 0 radical (unpaired) electrons. The number of halogens is 3. The molecule has 4 N–H and O–H groups in total. The lowest BCUT2D eigenvalue weighted by Gasteiger charge is -2.58. The number of hydrogen-bond acceptors (Lipinski definition) is 13. The molecule has 18 heteroatoms. The summed E-state index contributed by atoms with van der Waals surface area (Å²) in [7, 11) is 1.90. The summed E-state index contributed by atoms with van der Waals surface area (Å²) < 4.78 is 53.3. The number of carboxylic acid groups (broad SMARTS) is 2. The van der Waals surface area contributed by atoms with Crippen molar-refractivity contribution in [1.29, 1.82) is 0 Å². The number of rotatable bonds is 10. The van der Waals surface area contributed by atoms with Gasteiger partial charge in [-0.2, -0.15) is 13.2 Å². The van der Waals surface area contributed by atoms with Crippen LogP contribution in [0.25, 0.3) is 0 Å². The van der Waals surface area contributed by atoms with E-state index in [4.69, 9.17) is 28.8 Å². The van der Waals surface area contributed by atoms with Crippen LogP contribution in [0.5, 0.6) is 5.75 Å². The second-order valence-corrected chi connectivity index (χ2v) is 12.3. The molecule has 0 amide bonds. The van der Waals surface area contributed by atoms with Gasteiger partial charge in [0.15, 0.2) is 6.10 Å². The molecular formula is C33H42F3NO14. The SMILES string of the molecule is C.CC(=O)O[C@@H](C(=O)O[C@H](CC(=O)O)C(=O)O)[C@@H](C)C(=O)OC1=CC[C@@]2(O)[C@@H](C)N(C)CC[C@@]23c2c(C)ccc(CO)c2O[C@@H]13.O=CC(F)(F)F. The number of nitrogens with zero attached hydrogens (tertiary/aromatic N) is 1. The summed E-state index contributed by atoms with van der Waals surface area (Å²) in [4.78, 5) is 71.4. The van der Waals surface area contributed by atoms with Gasteiger partial charge in [-0.25, -0.2) is 9.59 Å². The first kappa shape index (κ1) is 42.6. The second-order valence-electron chi connectivity index (χ2n) is 12.3. The molecule has 7 atom stereocenters. The van der Waals surface area contributed by atoms with E-state index in [0.29, 0.717) is 29.8 Å². The minimum atomic E-state index is -4.64. The molecule has 0 bridgehead atoms. The predicted octanol–water partition coefficient (Wildman–Crippen LogP) is 2.19. The Hall–Kier alpha value is -4.55. The first-order chi connectivity index (χ1) is 23.1. The smallest absolute Gasteiger partial charge is 0.446 e. The van der Waals surface area contributed by atoms with Crippen LogP contribution in [0.2, 0.25) is 0 Å². The third-order valence-corrected chi connectivity index (χ3v) is 9.20. The van der Waals surface area contributed by atoms with E-state index in [-0.39, 0.29) is 32.3 Å². The number of hydrogen-bond donors (Lipinski definition) is 4. The molecule has 1 saturated heterocycles. The summed E-state index contributed by atoms with van der Waals surface area (Å²) in [5, 5.41) is 40.7. The van der Waals surface area contributed by atoms with E-state index in [2.05, 4.69) is 0 Å². The molecule has 1 aromatic rings. The Labute approximate surface area is 290 Å². The highest BCUT2D eigenvalue weighted by atomic mass is 19.4. The number of likely N-dealkylation sites (tertiary alicyclic amines) is 1. The summed E-state index contributed by atoms with van der Waals surface area (Å²) in [5.74, 6) is -7.87. The Morgan fingerprint density at radius 2 is 1.75 bits per heavy atom. The number of aliphatic hydroxyl groups is 2. The van der Waals surface area contributed by atoms with Crippen molar-refractivity contribution in [3.05, 3.63) is 40.7 Å². The van der Waals surface area contributed by atoms with E-state index in [0.717, 1.165) is 12.5 Å². The number of aliphatic hydroxyl groups excluding tert-OH is 1. The maximum absolute atomic E-state index is 13.5. The number of aldehydes is 1. The standard InChI is InChI=1S/C30H37NO13.C2HF3O.CH4/c1-14-6-7-18(13-32)24-22(14)29-10-11-31(5)16(3)30(29,40)9-8-19(25(29)44-24)42-27(38)15(2)23(41-17(4)33)28(39)43-20(26(36)37)12-21(34)35;3-2(4,5)1-6;/h6-8,15-16,20,23,25,32,40H,9-13H2,1-5H3,(H,34,35)(H,36,37);1H;1H4/t15-,16-,20-,23-,25+,29+,30-;;/m1../s1. The zero-order valence-corrected chi connectivity index (χ0v) is 27.7. The maximum Gasteiger partial charge on any atom is 0.446 e. The summed E-state index contributed by atoms with van der Waals surface area (Å²) in [6.45, 7) is 6.18. The number of carbonyl (C=O) groups excluding carboxylic acids is 4. The Bertz CT molecular complexity index is 1560. The van der Waals surface area contributed by atoms with Crippen LogP contribution in [-0.2, 0) is 55.0 Å². The Morgan fingerprint density at radius 1 is 1.14 bits per heavy atom. The van der Waals surface area contributed by atoms with Gasteiger partial charge in [0.1, 0.15) is 17.4 Å². The van der Waals surface area contributed by atoms with Gasteiger partial charge in [-0.15, -0.1) is 0 Å². The minimum Gasteiger partial charge on any atom is -0.481 e. The van der Waals surface area contributed by atoms with Gasteiger partial charge in [0, 0.05) is 30.5 Å². The molecule has 3 aliphatic rings. The zero-order valence-electron chi connectivity index (χ0n) is 27.7. The normalized spacial score (nSPS) is 25.2. The van der Waals surface area contributed by atoms with Crippen molar-refractivity contribution in [1.82, 2.24) is 4.90 Å². The van der Waals surface area contributed by atoms with Gasteiger partial charge >= 0.3 is 36.0 Å². The predicted molar refractivity (Wildman–Crippen MR) is 167 cm³/mol. The lowest BCUT2D eigenvalue weighted by molar-refractivity contribution is -0.184. The van der Waals surface area contributed by atoms with E-state index < -0.39 is 84.0 Å². The van der Waals surface area contributed by atoms with E-state index in [9.17, 15) is 52.5 Å². The number of piperidine rings is 1. The van der Waals surface area contributed by atoms with Crippen LogP contribution in [0, 0.1) is 12.8 Å². The number of aryl methyl sites for hydroxylation is 1. The molecule has 0 unspecified atom stereocenters. The van der Waals surface area contributed by atoms with Crippen molar-refractivity contribution >= 4 is 36.1 Å². The van der Waals surface area contributed by atoms with E-state index in [1.165, 1.54) is 13.0 Å². The fourth-order valence-electron chi connectivity index (χ4n) is 6.61. The van der Waals surface area contributed by atoms with Crippen molar-refractivity contribution in [3.8, 4) is 5.75 Å². The van der Waals surface area contributed by atoms with Crippen LogP contribution in [0.3, 0.4) is 0 Å². The molecule has 0 saturated carbocycles. The molecule has 0 aromatic heterocycles. The Balaban J connectivity index is 0.00000118. The molecule has 1 fully saturated rings. The maximum atomic E-state index is 13.5. The molecule has 2 aliphatic heterocycles. The number of esters is 3. The molecule has 1 aliphatic carbocycles. The van der Waals surface area contributed by atoms with Gasteiger partial charge in [0.2, 0.25) is 18.5 Å². The number of ether oxygens (including phenoxy) is 4. The number of fused-ring (bicyclic) bond motifs is 1. The van der Waals surface area contributed by atoms with Gasteiger partial charge in [0.05, 0.1) is 24.0 Å². The second kappa shape index (κ2) is 16.2. The molecular weight excluding hydrogens is 691 g/mol. The third kappa shape index (κ3) is 8.50. The lowest BCUT2D eigenvalue weighted by atomic mass is 9.54. The van der Waals surface area contributed by atoms with Gasteiger partial charge in [-0.3, -0.25) is 19.2 Å². The first-order valence-electron chi connectivity index (χ1n) is 15.2. The van der Waals surface area contributed by atoms with Gasteiger partial charge in [0.25, 0.3) is 0 Å². The fraction of sp³-hybridized carbons (Fsp3) is 0.576. The van der Waals surface area contributed by atoms with E-state index >= 15 is 0 Å². The van der Waals surface area contributed by atoms with E-state index in [1.807, 2.05) is 31.9 Å². The van der Waals surface area contributed by atoms with Crippen molar-refractivity contribution in [3.63, 3.8) is 0 Å². The average molecular weight is 734 g/mol. The fourth-order valence-corrected chi connectivity index (χ4v) is 6.61. The van der Waals surface area contributed by atoms with Crippen LogP contribution < -0.4 is 4.74 Å². The zero-order chi connectivity index (χ0) is 37.9. The molecule has 51 heavy (non-hydrogen) atoms. The van der Waals surface area contributed by atoms with E-state index in [1.54, 1.807) is 6.07 Å². The van der Waals surface area contributed by atoms with Crippen molar-refractivity contribution < 1.29 is 81.3 Å². The van der Waals surface area contributed by atoms with Crippen LogP contribution in [0.15, 0.2) is 24.0 Å². The van der Waals surface area contributed by atoms with Gasteiger partial charge in [-0.1, -0.05) is 19.6 Å². The molecule has 15 nitrogen and oxygen atoms in total. The number of alkyl halides is 3. The third-order valence-electron chi connectivity index (χ3n) is 9.20. The number of aliphatic carboxylic acids is 2. The number of benzene rings is 1. The quantitative estimate of drug-likeness (QED) is 0.154. The first-order valence-corrected chi connectivity index (χ1v) is 15.2. The monoisotopic (exact) mass is 733 g/mol. The Morgan fingerprint density at radius 3 is 2.25 bits per heavy atom. The van der Waals surface area contributed by atoms with Gasteiger partial charge in [-0.05, 0) is 52.4 Å². The summed E-state index contributed by atoms with van der Waals surface area (Å²) in [6.07, 6.45) is -9.79. The molecule has 4 rings (SSSR count). The number of carbonyl (C=O) groups is 6.